The predicted octanol–water partition coefficient (Wildman–Crippen LogP) is 2.16. The lowest BCUT2D eigenvalue weighted by Crippen LogP contribution is -2.46. The highest BCUT2D eigenvalue weighted by molar-refractivity contribution is 6.10. The molecule has 8 heteroatoms. The summed E-state index contributed by atoms with van der Waals surface area (Å²) in [6, 6.07) is 12.3. The Balaban J connectivity index is 1.38. The zero-order chi connectivity index (χ0) is 20.9. The van der Waals surface area contributed by atoms with Crippen LogP contribution in [0.3, 0.4) is 0 Å². The van der Waals surface area contributed by atoms with Crippen molar-refractivity contribution < 1.29 is 23.9 Å². The maximum Gasteiger partial charge on any atom is 0.325 e. The van der Waals surface area contributed by atoms with E-state index < -0.39 is 17.5 Å². The largest absolute Gasteiger partial charge is 0.454 e. The Morgan fingerprint density at radius 1 is 1.13 bits per heavy atom. The van der Waals surface area contributed by atoms with Crippen LogP contribution in [0.1, 0.15) is 24.5 Å². The molecule has 1 saturated heterocycles. The van der Waals surface area contributed by atoms with Crippen LogP contribution in [0.4, 0.5) is 10.5 Å². The van der Waals surface area contributed by atoms with Crippen LogP contribution < -0.4 is 19.7 Å². The van der Waals surface area contributed by atoms with E-state index in [4.69, 9.17) is 9.47 Å². The molecule has 0 aliphatic carbocycles. The molecule has 0 bridgehead atoms. The number of carbonyl (C=O) groups is 3. The van der Waals surface area contributed by atoms with Gasteiger partial charge in [0.15, 0.2) is 11.5 Å². The Hall–Kier alpha value is -3.55. The summed E-state index contributed by atoms with van der Waals surface area (Å²) < 4.78 is 10.7. The number of nitrogens with zero attached hydrogens (tertiary/aromatic N) is 2. The van der Waals surface area contributed by atoms with Gasteiger partial charge in [0.25, 0.3) is 5.91 Å². The van der Waals surface area contributed by atoms with Gasteiger partial charge < -0.3 is 19.7 Å². The van der Waals surface area contributed by atoms with Gasteiger partial charge in [-0.15, -0.1) is 0 Å². The number of nitrogens with one attached hydrogen (secondary N) is 1. The van der Waals surface area contributed by atoms with Crippen molar-refractivity contribution in [3.8, 4) is 11.5 Å². The Kier molecular flexibility index (Phi) is 4.16. The molecule has 4 amide bonds. The van der Waals surface area contributed by atoms with Gasteiger partial charge in [0.1, 0.15) is 12.1 Å². The second-order valence-corrected chi connectivity index (χ2v) is 7.79. The third kappa shape index (κ3) is 2.79. The lowest BCUT2D eigenvalue weighted by molar-refractivity contribution is -0.134. The van der Waals surface area contributed by atoms with Crippen LogP contribution in [0.25, 0.3) is 0 Å². The first-order chi connectivity index (χ1) is 14.5. The number of benzene rings is 2. The molecule has 0 unspecified atom stereocenters. The molecule has 30 heavy (non-hydrogen) atoms. The standard InChI is InChI=1S/C22H21N3O5/c1-22(15-8-9-17-18(11-15)30-13-29-17)20(27)25(21(28)23-22)12-19(26)24-10-4-6-14-5-2-3-7-16(14)24/h2-3,5,7-9,11H,4,6,10,12-13H2,1H3,(H,23,28)/t22-/m0/s1. The molecule has 2 aromatic rings. The molecule has 1 fully saturated rings. The lowest BCUT2D eigenvalue weighted by Gasteiger charge is -2.30. The highest BCUT2D eigenvalue weighted by Gasteiger charge is 2.50. The normalized spacial score (nSPS) is 22.2. The van der Waals surface area contributed by atoms with Crippen LogP contribution in [0.5, 0.6) is 11.5 Å². The SMILES string of the molecule is C[C@@]1(c2ccc3c(c2)OCO3)NC(=O)N(CC(=O)N2CCCc3ccccc32)C1=O. The second-order valence-electron chi connectivity index (χ2n) is 7.79. The van der Waals surface area contributed by atoms with Gasteiger partial charge in [0, 0.05) is 12.2 Å². The number of urea groups is 1. The first-order valence-electron chi connectivity index (χ1n) is 9.90. The zero-order valence-corrected chi connectivity index (χ0v) is 16.5. The van der Waals surface area contributed by atoms with Crippen molar-refractivity contribution >= 4 is 23.5 Å². The van der Waals surface area contributed by atoms with E-state index in [2.05, 4.69) is 5.32 Å². The number of aryl methyl sites for hydroxylation is 1. The Morgan fingerprint density at radius 3 is 2.80 bits per heavy atom. The molecule has 5 rings (SSSR count). The minimum absolute atomic E-state index is 0.119. The van der Waals surface area contributed by atoms with E-state index in [0.29, 0.717) is 23.6 Å². The van der Waals surface area contributed by atoms with E-state index in [-0.39, 0.29) is 19.2 Å². The Bertz CT molecular complexity index is 1070. The van der Waals surface area contributed by atoms with Crippen LogP contribution in [0.2, 0.25) is 0 Å². The van der Waals surface area contributed by atoms with Crippen LogP contribution in [-0.4, -0.2) is 42.6 Å². The molecule has 1 N–H and O–H groups in total. The fourth-order valence-corrected chi connectivity index (χ4v) is 4.26. The average Bonchev–Trinajstić information content (AvgIpc) is 3.31. The fourth-order valence-electron chi connectivity index (χ4n) is 4.26. The van der Waals surface area contributed by atoms with Crippen LogP contribution in [0, 0.1) is 0 Å². The predicted molar refractivity (Wildman–Crippen MR) is 107 cm³/mol. The molecular weight excluding hydrogens is 386 g/mol. The maximum absolute atomic E-state index is 13.2. The first kappa shape index (κ1) is 18.5. The Labute approximate surface area is 173 Å². The van der Waals surface area contributed by atoms with Gasteiger partial charge in [-0.25, -0.2) is 4.79 Å². The number of carbonyl (C=O) groups excluding carboxylic acids is 3. The van der Waals surface area contributed by atoms with Crippen LogP contribution in [-0.2, 0) is 21.5 Å². The number of rotatable bonds is 3. The fraction of sp³-hybridized carbons (Fsp3) is 0.318. The van der Waals surface area contributed by atoms with E-state index in [1.807, 2.05) is 24.3 Å². The summed E-state index contributed by atoms with van der Waals surface area (Å²) in [6.07, 6.45) is 1.75. The second kappa shape index (κ2) is 6.76. The number of hydrogen-bond donors (Lipinski definition) is 1. The molecule has 3 aliphatic rings. The van der Waals surface area contributed by atoms with Crippen molar-refractivity contribution in [2.75, 3.05) is 24.8 Å². The number of para-hydroxylation sites is 1. The first-order valence-corrected chi connectivity index (χ1v) is 9.90. The van der Waals surface area contributed by atoms with Gasteiger partial charge in [-0.05, 0) is 49.1 Å². The van der Waals surface area contributed by atoms with E-state index in [1.54, 1.807) is 30.0 Å². The number of fused-ring (bicyclic) bond motifs is 2. The summed E-state index contributed by atoms with van der Waals surface area (Å²) in [7, 11) is 0. The van der Waals surface area contributed by atoms with Gasteiger partial charge in [0.05, 0.1) is 0 Å². The molecule has 0 radical (unpaired) electrons. The molecule has 0 saturated carbocycles. The quantitative estimate of drug-likeness (QED) is 0.788. The smallest absolute Gasteiger partial charge is 0.325 e. The molecule has 0 aromatic heterocycles. The summed E-state index contributed by atoms with van der Waals surface area (Å²) in [5.74, 6) is 0.371. The summed E-state index contributed by atoms with van der Waals surface area (Å²) in [4.78, 5) is 41.5. The van der Waals surface area contributed by atoms with E-state index >= 15 is 0 Å². The molecule has 1 atom stereocenters. The number of anilines is 1. The van der Waals surface area contributed by atoms with Crippen molar-refractivity contribution in [1.82, 2.24) is 10.2 Å². The minimum Gasteiger partial charge on any atom is -0.454 e. The molecule has 154 valence electrons. The molecule has 8 nitrogen and oxygen atoms in total. The number of amides is 4. The molecule has 3 aliphatic heterocycles. The maximum atomic E-state index is 13.2. The zero-order valence-electron chi connectivity index (χ0n) is 16.5. The summed E-state index contributed by atoms with van der Waals surface area (Å²) in [5, 5.41) is 2.74. The van der Waals surface area contributed by atoms with Crippen molar-refractivity contribution in [1.29, 1.82) is 0 Å². The number of hydrogen-bond acceptors (Lipinski definition) is 5. The summed E-state index contributed by atoms with van der Waals surface area (Å²) in [5.41, 5.74) is 1.24. The number of imide groups is 1. The average molecular weight is 407 g/mol. The monoisotopic (exact) mass is 407 g/mol. The van der Waals surface area contributed by atoms with Crippen molar-refractivity contribution in [2.45, 2.75) is 25.3 Å². The van der Waals surface area contributed by atoms with E-state index in [0.717, 1.165) is 29.0 Å². The highest BCUT2D eigenvalue weighted by Crippen LogP contribution is 2.38. The van der Waals surface area contributed by atoms with Crippen LogP contribution >= 0.6 is 0 Å². The minimum atomic E-state index is -1.28. The van der Waals surface area contributed by atoms with Crippen molar-refractivity contribution in [3.05, 3.63) is 53.6 Å². The van der Waals surface area contributed by atoms with Crippen molar-refractivity contribution in [3.63, 3.8) is 0 Å². The summed E-state index contributed by atoms with van der Waals surface area (Å²) >= 11 is 0. The van der Waals surface area contributed by atoms with Gasteiger partial charge in [-0.3, -0.25) is 14.5 Å². The van der Waals surface area contributed by atoms with E-state index in [1.165, 1.54) is 0 Å². The van der Waals surface area contributed by atoms with Crippen molar-refractivity contribution in [2.24, 2.45) is 0 Å². The topological polar surface area (TPSA) is 88.2 Å². The Morgan fingerprint density at radius 2 is 1.93 bits per heavy atom. The third-order valence-corrected chi connectivity index (χ3v) is 5.93. The van der Waals surface area contributed by atoms with Crippen LogP contribution in [0.15, 0.2) is 42.5 Å². The van der Waals surface area contributed by atoms with Gasteiger partial charge in [0.2, 0.25) is 12.7 Å². The molecular formula is C22H21N3O5. The van der Waals surface area contributed by atoms with E-state index in [9.17, 15) is 14.4 Å². The molecule has 0 spiro atoms. The van der Waals surface area contributed by atoms with Gasteiger partial charge in [-0.2, -0.15) is 0 Å². The summed E-state index contributed by atoms with van der Waals surface area (Å²) in [6.45, 7) is 2.01. The van der Waals surface area contributed by atoms with Gasteiger partial charge >= 0.3 is 6.03 Å². The molecule has 2 aromatic carbocycles. The highest BCUT2D eigenvalue weighted by atomic mass is 16.7. The lowest BCUT2D eigenvalue weighted by atomic mass is 9.91. The third-order valence-electron chi connectivity index (χ3n) is 5.93. The number of ether oxygens (including phenoxy) is 2. The molecule has 3 heterocycles. The van der Waals surface area contributed by atoms with Gasteiger partial charge in [-0.1, -0.05) is 24.3 Å².